The third kappa shape index (κ3) is 2.34. The molecule has 0 spiro atoms. The van der Waals surface area contributed by atoms with Crippen molar-refractivity contribution < 1.29 is 4.42 Å². The third-order valence-electron chi connectivity index (χ3n) is 1.97. The molecular weight excluding hydrogens is 190 g/mol. The summed E-state index contributed by atoms with van der Waals surface area (Å²) in [5.74, 6) is 0.550. The van der Waals surface area contributed by atoms with Gasteiger partial charge in [0.1, 0.15) is 0 Å². The third-order valence-corrected chi connectivity index (χ3v) is 1.97. The number of anilines is 1. The van der Waals surface area contributed by atoms with Gasteiger partial charge in [0.2, 0.25) is 5.89 Å². The van der Waals surface area contributed by atoms with Gasteiger partial charge in [-0.1, -0.05) is 30.2 Å². The Morgan fingerprint density at radius 2 is 2.00 bits per heavy atom. The summed E-state index contributed by atoms with van der Waals surface area (Å²) >= 11 is 0. The molecule has 78 valence electrons. The van der Waals surface area contributed by atoms with Crippen LogP contribution in [0.15, 0.2) is 34.7 Å². The predicted octanol–water partition coefficient (Wildman–Crippen LogP) is 2.56. The van der Waals surface area contributed by atoms with Gasteiger partial charge >= 0.3 is 6.01 Å². The van der Waals surface area contributed by atoms with E-state index in [4.69, 9.17) is 4.42 Å². The van der Waals surface area contributed by atoms with Crippen LogP contribution in [0.3, 0.4) is 0 Å². The molecule has 1 heterocycles. The van der Waals surface area contributed by atoms with Crippen LogP contribution in [0.25, 0.3) is 11.5 Å². The summed E-state index contributed by atoms with van der Waals surface area (Å²) in [7, 11) is 0. The molecule has 0 aliphatic heterocycles. The summed E-state index contributed by atoms with van der Waals surface area (Å²) in [6.45, 7) is 2.93. The zero-order chi connectivity index (χ0) is 10.5. The Hall–Kier alpha value is -1.84. The highest BCUT2D eigenvalue weighted by atomic mass is 16.4. The first-order valence-corrected chi connectivity index (χ1v) is 5.03. The minimum atomic E-state index is 0.482. The van der Waals surface area contributed by atoms with Crippen molar-refractivity contribution in [1.29, 1.82) is 0 Å². The molecule has 0 aliphatic carbocycles. The summed E-state index contributed by atoms with van der Waals surface area (Å²) in [5, 5.41) is 10.9. The first-order chi connectivity index (χ1) is 7.40. The van der Waals surface area contributed by atoms with Gasteiger partial charge in [0.25, 0.3) is 0 Å². The molecule has 0 radical (unpaired) electrons. The van der Waals surface area contributed by atoms with Crippen molar-refractivity contribution in [3.63, 3.8) is 0 Å². The molecule has 0 saturated carbocycles. The van der Waals surface area contributed by atoms with Crippen LogP contribution in [-0.4, -0.2) is 16.7 Å². The minimum absolute atomic E-state index is 0.482. The van der Waals surface area contributed by atoms with E-state index in [1.54, 1.807) is 0 Å². The van der Waals surface area contributed by atoms with Crippen molar-refractivity contribution in [2.24, 2.45) is 0 Å². The maximum absolute atomic E-state index is 5.44. The fraction of sp³-hybridized carbons (Fsp3) is 0.273. The Bertz CT molecular complexity index is 411. The van der Waals surface area contributed by atoms with E-state index >= 15 is 0 Å². The molecule has 2 rings (SSSR count). The highest BCUT2D eigenvalue weighted by Crippen LogP contribution is 2.18. The van der Waals surface area contributed by atoms with Gasteiger partial charge in [0.15, 0.2) is 0 Å². The fourth-order valence-electron chi connectivity index (χ4n) is 1.22. The Kier molecular flexibility index (Phi) is 2.97. The average Bonchev–Trinajstić information content (AvgIpc) is 2.76. The Morgan fingerprint density at radius 1 is 1.20 bits per heavy atom. The first-order valence-electron chi connectivity index (χ1n) is 5.03. The van der Waals surface area contributed by atoms with Gasteiger partial charge in [-0.2, -0.15) is 0 Å². The quantitative estimate of drug-likeness (QED) is 0.829. The van der Waals surface area contributed by atoms with Crippen LogP contribution in [0.5, 0.6) is 0 Å². The number of hydrogen-bond acceptors (Lipinski definition) is 4. The van der Waals surface area contributed by atoms with Crippen LogP contribution < -0.4 is 5.32 Å². The number of nitrogens with one attached hydrogen (secondary N) is 1. The van der Waals surface area contributed by atoms with Crippen molar-refractivity contribution in [3.05, 3.63) is 30.3 Å². The van der Waals surface area contributed by atoms with Crippen LogP contribution in [0.2, 0.25) is 0 Å². The summed E-state index contributed by atoms with van der Waals surface area (Å²) in [6.07, 6.45) is 1.03. The lowest BCUT2D eigenvalue weighted by molar-refractivity contribution is 0.580. The van der Waals surface area contributed by atoms with E-state index in [0.717, 1.165) is 18.5 Å². The van der Waals surface area contributed by atoms with Gasteiger partial charge in [-0.25, -0.2) is 0 Å². The second kappa shape index (κ2) is 4.59. The molecule has 4 nitrogen and oxygen atoms in total. The van der Waals surface area contributed by atoms with E-state index in [1.807, 2.05) is 30.3 Å². The number of aromatic nitrogens is 2. The molecule has 0 atom stereocenters. The van der Waals surface area contributed by atoms with E-state index in [9.17, 15) is 0 Å². The summed E-state index contributed by atoms with van der Waals surface area (Å²) < 4.78 is 5.44. The lowest BCUT2D eigenvalue weighted by Crippen LogP contribution is -1.99. The van der Waals surface area contributed by atoms with Crippen molar-refractivity contribution in [1.82, 2.24) is 10.2 Å². The second-order valence-electron chi connectivity index (χ2n) is 3.21. The molecule has 15 heavy (non-hydrogen) atoms. The van der Waals surface area contributed by atoms with Gasteiger partial charge < -0.3 is 9.73 Å². The Morgan fingerprint density at radius 3 is 2.73 bits per heavy atom. The molecular formula is C11H13N3O. The van der Waals surface area contributed by atoms with Crippen LogP contribution in [-0.2, 0) is 0 Å². The minimum Gasteiger partial charge on any atom is -0.403 e. The van der Waals surface area contributed by atoms with Crippen molar-refractivity contribution in [3.8, 4) is 11.5 Å². The van der Waals surface area contributed by atoms with Crippen molar-refractivity contribution in [2.75, 3.05) is 11.9 Å². The zero-order valence-electron chi connectivity index (χ0n) is 8.60. The van der Waals surface area contributed by atoms with Crippen molar-refractivity contribution >= 4 is 6.01 Å². The molecule has 0 bridgehead atoms. The summed E-state index contributed by atoms with van der Waals surface area (Å²) in [4.78, 5) is 0. The van der Waals surface area contributed by atoms with Crippen LogP contribution >= 0.6 is 0 Å². The monoisotopic (exact) mass is 203 g/mol. The van der Waals surface area contributed by atoms with E-state index in [-0.39, 0.29) is 0 Å². The maximum atomic E-state index is 5.44. The lowest BCUT2D eigenvalue weighted by atomic mass is 10.2. The van der Waals surface area contributed by atoms with Crippen LogP contribution in [0.1, 0.15) is 13.3 Å². The molecule has 1 aromatic heterocycles. The normalized spacial score (nSPS) is 10.2. The summed E-state index contributed by atoms with van der Waals surface area (Å²) in [5.41, 5.74) is 0.939. The Balaban J connectivity index is 2.14. The van der Waals surface area contributed by atoms with Gasteiger partial charge in [0, 0.05) is 12.1 Å². The van der Waals surface area contributed by atoms with E-state index in [2.05, 4.69) is 22.4 Å². The lowest BCUT2D eigenvalue weighted by Gasteiger charge is -1.95. The molecule has 4 heteroatoms. The highest BCUT2D eigenvalue weighted by molar-refractivity contribution is 5.52. The van der Waals surface area contributed by atoms with Gasteiger partial charge in [0.05, 0.1) is 0 Å². The first kappa shape index (κ1) is 9.71. The van der Waals surface area contributed by atoms with Crippen LogP contribution in [0, 0.1) is 0 Å². The van der Waals surface area contributed by atoms with Gasteiger partial charge in [-0.15, -0.1) is 5.10 Å². The standard InChI is InChI=1S/C11H13N3O/c1-2-8-12-11-14-13-10(15-11)9-6-4-3-5-7-9/h3-7H,2,8H2,1H3,(H,12,14). The van der Waals surface area contributed by atoms with E-state index in [1.165, 1.54) is 0 Å². The highest BCUT2D eigenvalue weighted by Gasteiger charge is 2.06. The second-order valence-corrected chi connectivity index (χ2v) is 3.21. The van der Waals surface area contributed by atoms with E-state index < -0.39 is 0 Å². The molecule has 0 unspecified atom stereocenters. The topological polar surface area (TPSA) is 51.0 Å². The smallest absolute Gasteiger partial charge is 0.315 e. The van der Waals surface area contributed by atoms with Gasteiger partial charge in [-0.3, -0.25) is 0 Å². The fourth-order valence-corrected chi connectivity index (χ4v) is 1.22. The zero-order valence-corrected chi connectivity index (χ0v) is 8.60. The molecule has 0 aliphatic rings. The SMILES string of the molecule is CCCNc1nnc(-c2ccccc2)o1. The van der Waals surface area contributed by atoms with Crippen LogP contribution in [0.4, 0.5) is 6.01 Å². The maximum Gasteiger partial charge on any atom is 0.315 e. The molecule has 0 fully saturated rings. The number of nitrogens with zero attached hydrogens (tertiary/aromatic N) is 2. The molecule has 1 N–H and O–H groups in total. The molecule has 0 saturated heterocycles. The largest absolute Gasteiger partial charge is 0.403 e. The average molecular weight is 203 g/mol. The van der Waals surface area contributed by atoms with Gasteiger partial charge in [-0.05, 0) is 18.6 Å². The number of hydrogen-bond donors (Lipinski definition) is 1. The number of benzene rings is 1. The Labute approximate surface area is 88.3 Å². The number of rotatable bonds is 4. The molecule has 1 aromatic carbocycles. The summed E-state index contributed by atoms with van der Waals surface area (Å²) in [6, 6.07) is 10.2. The molecule has 0 amide bonds. The molecule has 2 aromatic rings. The van der Waals surface area contributed by atoms with E-state index in [0.29, 0.717) is 11.9 Å². The van der Waals surface area contributed by atoms with Crippen molar-refractivity contribution in [2.45, 2.75) is 13.3 Å². The predicted molar refractivity (Wildman–Crippen MR) is 58.5 cm³/mol.